The van der Waals surface area contributed by atoms with Crippen LogP contribution < -0.4 is 5.32 Å². The van der Waals surface area contributed by atoms with Crippen molar-refractivity contribution in [2.45, 2.75) is 43.1 Å². The largest absolute Gasteiger partial charge is 0.384 e. The highest BCUT2D eigenvalue weighted by Gasteiger charge is 2.41. The maximum absolute atomic E-state index is 13.3. The van der Waals surface area contributed by atoms with Crippen molar-refractivity contribution >= 4 is 44.0 Å². The van der Waals surface area contributed by atoms with Gasteiger partial charge in [-0.05, 0) is 49.1 Å². The molecule has 33 heavy (non-hydrogen) atoms. The van der Waals surface area contributed by atoms with Gasteiger partial charge in [0.15, 0.2) is 15.6 Å². The summed E-state index contributed by atoms with van der Waals surface area (Å²) in [5, 5.41) is 13.6. The van der Waals surface area contributed by atoms with Crippen LogP contribution in [0.3, 0.4) is 0 Å². The molecule has 1 aromatic heterocycles. The van der Waals surface area contributed by atoms with Gasteiger partial charge in [-0.25, -0.2) is 8.42 Å². The van der Waals surface area contributed by atoms with Gasteiger partial charge < -0.3 is 15.4 Å². The number of carbonyl (C=O) groups is 2. The van der Waals surface area contributed by atoms with Crippen LogP contribution in [0, 0.1) is 0 Å². The van der Waals surface area contributed by atoms with Crippen molar-refractivity contribution in [1.82, 2.24) is 10.3 Å². The van der Waals surface area contributed by atoms with Crippen LogP contribution >= 0.6 is 11.6 Å². The van der Waals surface area contributed by atoms with Crippen LogP contribution in [0.2, 0.25) is 5.02 Å². The molecule has 0 bridgehead atoms. The number of hydrogen-bond donors (Lipinski definition) is 3. The fourth-order valence-corrected chi connectivity index (χ4v) is 6.40. The van der Waals surface area contributed by atoms with E-state index in [1.54, 1.807) is 36.4 Å². The molecule has 3 atom stereocenters. The van der Waals surface area contributed by atoms with E-state index < -0.39 is 38.9 Å². The molecule has 3 N–H and O–H groups in total. The Hall–Kier alpha value is -2.68. The molecule has 7 nitrogen and oxygen atoms in total. The Balaban J connectivity index is 1.59. The maximum Gasteiger partial charge on any atom is 0.268 e. The van der Waals surface area contributed by atoms with Gasteiger partial charge in [0.05, 0.1) is 17.0 Å². The van der Waals surface area contributed by atoms with E-state index in [1.165, 1.54) is 0 Å². The molecule has 174 valence electrons. The number of nitrogens with one attached hydrogen (secondary N) is 2. The highest BCUT2D eigenvalue weighted by Crippen LogP contribution is 2.24. The Morgan fingerprint density at radius 1 is 1.12 bits per heavy atom. The number of fused-ring (bicyclic) bond motifs is 1. The third-order valence-electron chi connectivity index (χ3n) is 6.03. The summed E-state index contributed by atoms with van der Waals surface area (Å²) in [4.78, 5) is 29.3. The summed E-state index contributed by atoms with van der Waals surface area (Å²) in [5.74, 6) is -1.29. The first kappa shape index (κ1) is 23.5. The number of rotatable bonds is 7. The van der Waals surface area contributed by atoms with Crippen LogP contribution in [-0.4, -0.2) is 53.3 Å². The molecule has 9 heteroatoms. The van der Waals surface area contributed by atoms with E-state index >= 15 is 0 Å². The summed E-state index contributed by atoms with van der Waals surface area (Å²) >= 11 is 6.02. The van der Waals surface area contributed by atoms with Crippen LogP contribution in [0.15, 0.2) is 54.6 Å². The van der Waals surface area contributed by atoms with Crippen LogP contribution in [0.25, 0.3) is 10.9 Å². The lowest BCUT2D eigenvalue weighted by atomic mass is 9.96. The van der Waals surface area contributed by atoms with Crippen molar-refractivity contribution in [2.24, 2.45) is 0 Å². The number of hydrogen-bond acceptors (Lipinski definition) is 5. The molecule has 1 saturated heterocycles. The molecule has 1 amide bonds. The highest BCUT2D eigenvalue weighted by molar-refractivity contribution is 7.92. The molecular formula is C24H25ClN2O5S. The average Bonchev–Trinajstić information content (AvgIpc) is 3.21. The van der Waals surface area contributed by atoms with Gasteiger partial charge >= 0.3 is 0 Å². The smallest absolute Gasteiger partial charge is 0.268 e. The third kappa shape index (κ3) is 5.29. The Kier molecular flexibility index (Phi) is 6.88. The lowest BCUT2D eigenvalue weighted by molar-refractivity contribution is -0.129. The number of aromatic nitrogens is 1. The van der Waals surface area contributed by atoms with Gasteiger partial charge in [0.25, 0.3) is 5.91 Å². The Morgan fingerprint density at radius 2 is 1.88 bits per heavy atom. The summed E-state index contributed by atoms with van der Waals surface area (Å²) < 4.78 is 24.9. The van der Waals surface area contributed by atoms with Gasteiger partial charge in [0.1, 0.15) is 11.8 Å². The number of Topliss-reactive ketones (excluding diaryl/α,β-unsaturated/α-hetero) is 1. The average molecular weight is 489 g/mol. The second-order valence-electron chi connectivity index (χ2n) is 8.38. The number of aromatic amines is 1. The van der Waals surface area contributed by atoms with E-state index in [0.29, 0.717) is 23.4 Å². The Morgan fingerprint density at radius 3 is 2.61 bits per heavy atom. The molecule has 2 aromatic carbocycles. The van der Waals surface area contributed by atoms with Gasteiger partial charge in [-0.3, -0.25) is 9.59 Å². The molecule has 4 rings (SSSR count). The molecule has 3 unspecified atom stereocenters. The molecule has 3 aromatic rings. The number of ketones is 1. The van der Waals surface area contributed by atoms with E-state index in [9.17, 15) is 23.1 Å². The zero-order valence-electron chi connectivity index (χ0n) is 17.8. The highest BCUT2D eigenvalue weighted by atomic mass is 35.5. The number of amides is 1. The number of carbonyl (C=O) groups excluding carboxylic acids is 2. The normalized spacial score (nSPS) is 19.6. The molecule has 1 aliphatic heterocycles. The van der Waals surface area contributed by atoms with Crippen molar-refractivity contribution < 1.29 is 23.1 Å². The summed E-state index contributed by atoms with van der Waals surface area (Å²) in [5.41, 5.74) is 1.72. The monoisotopic (exact) mass is 488 g/mol. The van der Waals surface area contributed by atoms with Gasteiger partial charge in [-0.2, -0.15) is 0 Å². The van der Waals surface area contributed by atoms with Gasteiger partial charge in [0, 0.05) is 15.9 Å². The Bertz CT molecular complexity index is 1270. The maximum atomic E-state index is 13.3. The van der Waals surface area contributed by atoms with E-state index in [4.69, 9.17) is 11.6 Å². The van der Waals surface area contributed by atoms with Crippen molar-refractivity contribution in [3.63, 3.8) is 0 Å². The minimum absolute atomic E-state index is 0.0463. The predicted octanol–water partition coefficient (Wildman–Crippen LogP) is 3.06. The molecule has 0 aliphatic carbocycles. The van der Waals surface area contributed by atoms with Crippen LogP contribution in [0.5, 0.6) is 0 Å². The molecule has 0 radical (unpaired) electrons. The number of halogens is 1. The zero-order valence-corrected chi connectivity index (χ0v) is 19.4. The molecule has 1 aliphatic rings. The summed E-state index contributed by atoms with van der Waals surface area (Å²) in [6.45, 7) is 0. The zero-order chi connectivity index (χ0) is 23.6. The van der Waals surface area contributed by atoms with Gasteiger partial charge in [-0.1, -0.05) is 48.4 Å². The quantitative estimate of drug-likeness (QED) is 0.472. The summed E-state index contributed by atoms with van der Waals surface area (Å²) in [7, 11) is -3.58. The first-order valence-corrected chi connectivity index (χ1v) is 12.9. The fourth-order valence-electron chi connectivity index (χ4n) is 4.26. The third-order valence-corrected chi connectivity index (χ3v) is 8.54. The number of aliphatic hydroxyl groups is 1. The molecular weight excluding hydrogens is 464 g/mol. The standard InChI is InChI=1S/C24H25ClN2O5S/c25-17-9-10-18-16(13-17)14-20(26-18)24(30)27-19(12-15-6-2-1-3-7-15)22(28)23(29)21-8-4-5-11-33(21,31)32/h1-3,6-7,9-10,13-14,19,21,23,26,29H,4-5,8,11-12H2,(H,27,30). The van der Waals surface area contributed by atoms with E-state index in [2.05, 4.69) is 10.3 Å². The predicted molar refractivity (Wildman–Crippen MR) is 127 cm³/mol. The van der Waals surface area contributed by atoms with Gasteiger partial charge in [-0.15, -0.1) is 0 Å². The van der Waals surface area contributed by atoms with Crippen molar-refractivity contribution in [2.75, 3.05) is 5.75 Å². The topological polar surface area (TPSA) is 116 Å². The van der Waals surface area contributed by atoms with E-state index in [0.717, 1.165) is 10.9 Å². The minimum atomic E-state index is -3.58. The van der Waals surface area contributed by atoms with E-state index in [-0.39, 0.29) is 24.3 Å². The summed E-state index contributed by atoms with van der Waals surface area (Å²) in [6.07, 6.45) is -0.202. The second-order valence-corrected chi connectivity index (χ2v) is 11.2. The SMILES string of the molecule is O=C(NC(Cc1ccccc1)C(=O)C(O)C1CCCCS1(=O)=O)c1cc2cc(Cl)ccc2[nH]1. The minimum Gasteiger partial charge on any atom is -0.384 e. The first-order valence-electron chi connectivity index (χ1n) is 10.8. The molecule has 2 heterocycles. The molecule has 1 fully saturated rings. The fraction of sp³-hybridized carbons (Fsp3) is 0.333. The van der Waals surface area contributed by atoms with Crippen molar-refractivity contribution in [3.05, 3.63) is 70.9 Å². The Labute approximate surface area is 197 Å². The van der Waals surface area contributed by atoms with Crippen molar-refractivity contribution in [3.8, 4) is 0 Å². The molecule has 0 saturated carbocycles. The van der Waals surface area contributed by atoms with Gasteiger partial charge in [0.2, 0.25) is 0 Å². The number of aliphatic hydroxyl groups excluding tert-OH is 1. The summed E-state index contributed by atoms with van der Waals surface area (Å²) in [6, 6.07) is 14.8. The number of benzene rings is 2. The van der Waals surface area contributed by atoms with Crippen molar-refractivity contribution in [1.29, 1.82) is 0 Å². The lowest BCUT2D eigenvalue weighted by Crippen LogP contribution is -2.52. The lowest BCUT2D eigenvalue weighted by Gasteiger charge is -2.28. The van der Waals surface area contributed by atoms with E-state index in [1.807, 2.05) is 18.2 Å². The van der Waals surface area contributed by atoms with Crippen LogP contribution in [0.4, 0.5) is 0 Å². The second kappa shape index (κ2) is 9.67. The first-order chi connectivity index (χ1) is 15.7. The molecule has 0 spiro atoms. The van der Waals surface area contributed by atoms with Crippen LogP contribution in [0.1, 0.15) is 35.3 Å². The number of sulfone groups is 1. The van der Waals surface area contributed by atoms with Crippen LogP contribution in [-0.2, 0) is 21.1 Å². The number of H-pyrrole nitrogens is 1.